The Balaban J connectivity index is 2.17. The molecule has 14 heavy (non-hydrogen) atoms. The molecule has 5 nitrogen and oxygen atoms in total. The highest BCUT2D eigenvalue weighted by Crippen LogP contribution is 2.14. The number of hydrogen-bond acceptors (Lipinski definition) is 4. The van der Waals surface area contributed by atoms with Gasteiger partial charge in [-0.15, -0.1) is 0 Å². The van der Waals surface area contributed by atoms with Crippen molar-refractivity contribution < 1.29 is 0 Å². The summed E-state index contributed by atoms with van der Waals surface area (Å²) in [4.78, 5) is 4.10. The smallest absolute Gasteiger partial charge is 0.0767 e. The Bertz CT molecular complexity index is 395. The van der Waals surface area contributed by atoms with Gasteiger partial charge in [0.1, 0.15) is 0 Å². The number of hydrogen-bond donors (Lipinski definition) is 3. The Kier molecular flexibility index (Phi) is 2.42. The fraction of sp³-hybridized carbons (Fsp3) is 0.111. The molecule has 2 rings (SSSR count). The Labute approximate surface area is 81.4 Å². The lowest BCUT2D eigenvalue weighted by Crippen LogP contribution is -2.00. The molecule has 4 N–H and O–H groups in total. The van der Waals surface area contributed by atoms with E-state index in [1.807, 2.05) is 12.1 Å². The van der Waals surface area contributed by atoms with Crippen LogP contribution >= 0.6 is 0 Å². The second kappa shape index (κ2) is 3.89. The van der Waals surface area contributed by atoms with Crippen molar-refractivity contribution in [3.05, 3.63) is 36.4 Å². The van der Waals surface area contributed by atoms with E-state index in [4.69, 9.17) is 5.73 Å². The zero-order chi connectivity index (χ0) is 9.80. The first-order chi connectivity index (χ1) is 6.88. The van der Waals surface area contributed by atoms with Crippen LogP contribution in [0.4, 0.5) is 11.4 Å². The maximum absolute atomic E-state index is 5.48. The second-order valence-corrected chi connectivity index (χ2v) is 2.85. The number of pyridine rings is 1. The minimum Gasteiger partial charge on any atom is -0.353 e. The summed E-state index contributed by atoms with van der Waals surface area (Å²) in [6, 6.07) is 3.79. The van der Waals surface area contributed by atoms with Crippen molar-refractivity contribution in [3.8, 4) is 0 Å². The summed E-state index contributed by atoms with van der Waals surface area (Å²) in [6.45, 7) is 0.445. The quantitative estimate of drug-likeness (QED) is 0.673. The third kappa shape index (κ3) is 1.89. The summed E-state index contributed by atoms with van der Waals surface area (Å²) in [5.41, 5.74) is 8.22. The van der Waals surface area contributed by atoms with Gasteiger partial charge in [0.25, 0.3) is 0 Å². The van der Waals surface area contributed by atoms with Crippen molar-refractivity contribution in [1.82, 2.24) is 15.2 Å². The van der Waals surface area contributed by atoms with E-state index in [-0.39, 0.29) is 0 Å². The molecule has 2 heterocycles. The van der Waals surface area contributed by atoms with E-state index >= 15 is 0 Å². The molecule has 72 valence electrons. The van der Waals surface area contributed by atoms with Crippen LogP contribution in [0.1, 0.15) is 5.69 Å². The normalized spacial score (nSPS) is 10.1. The van der Waals surface area contributed by atoms with Crippen molar-refractivity contribution in [2.24, 2.45) is 5.73 Å². The molecule has 2 aromatic heterocycles. The molecule has 0 aliphatic rings. The van der Waals surface area contributed by atoms with E-state index < -0.39 is 0 Å². The highest BCUT2D eigenvalue weighted by molar-refractivity contribution is 5.57. The van der Waals surface area contributed by atoms with Crippen LogP contribution in [0.5, 0.6) is 0 Å². The van der Waals surface area contributed by atoms with E-state index in [1.54, 1.807) is 18.6 Å². The Morgan fingerprint density at radius 2 is 2.36 bits per heavy atom. The van der Waals surface area contributed by atoms with Crippen LogP contribution in [0, 0.1) is 0 Å². The molecule has 0 saturated carbocycles. The molecule has 0 saturated heterocycles. The van der Waals surface area contributed by atoms with Gasteiger partial charge in [0.15, 0.2) is 0 Å². The van der Waals surface area contributed by atoms with E-state index in [2.05, 4.69) is 20.5 Å². The van der Waals surface area contributed by atoms with Crippen molar-refractivity contribution in [3.63, 3.8) is 0 Å². The van der Waals surface area contributed by atoms with Gasteiger partial charge in [-0.25, -0.2) is 0 Å². The molecule has 0 unspecified atom stereocenters. The standard InChI is InChI=1S/C9H11N5/c10-4-8-3-7(1-2-11-8)14-9-5-12-13-6-9/h1-3,5-6H,4,10H2,(H,11,14)(H,12,13). The largest absolute Gasteiger partial charge is 0.353 e. The maximum Gasteiger partial charge on any atom is 0.0767 e. The number of nitrogens with one attached hydrogen (secondary N) is 2. The molecule has 0 aromatic carbocycles. The average Bonchev–Trinajstić information content (AvgIpc) is 2.71. The van der Waals surface area contributed by atoms with Crippen molar-refractivity contribution in [2.75, 3.05) is 5.32 Å². The average molecular weight is 189 g/mol. The highest BCUT2D eigenvalue weighted by Gasteiger charge is 1.96. The number of rotatable bonds is 3. The Hall–Kier alpha value is -1.88. The Morgan fingerprint density at radius 1 is 1.43 bits per heavy atom. The lowest BCUT2D eigenvalue weighted by atomic mass is 10.3. The molecule has 0 fully saturated rings. The highest BCUT2D eigenvalue weighted by atomic mass is 15.1. The fourth-order valence-corrected chi connectivity index (χ4v) is 1.15. The fourth-order valence-electron chi connectivity index (χ4n) is 1.15. The first-order valence-electron chi connectivity index (χ1n) is 4.29. The molecule has 0 amide bonds. The van der Waals surface area contributed by atoms with E-state index in [0.29, 0.717) is 6.54 Å². The van der Waals surface area contributed by atoms with Crippen molar-refractivity contribution in [1.29, 1.82) is 0 Å². The molecular formula is C9H11N5. The summed E-state index contributed by atoms with van der Waals surface area (Å²) < 4.78 is 0. The topological polar surface area (TPSA) is 79.6 Å². The number of H-pyrrole nitrogens is 1. The van der Waals surface area contributed by atoms with Crippen LogP contribution in [-0.2, 0) is 6.54 Å². The van der Waals surface area contributed by atoms with E-state index in [9.17, 15) is 0 Å². The van der Waals surface area contributed by atoms with Gasteiger partial charge in [-0.05, 0) is 12.1 Å². The summed E-state index contributed by atoms with van der Waals surface area (Å²) >= 11 is 0. The molecular weight excluding hydrogens is 178 g/mol. The molecule has 0 radical (unpaired) electrons. The maximum atomic E-state index is 5.48. The molecule has 0 atom stereocenters. The SMILES string of the molecule is NCc1cc(Nc2cn[nH]c2)ccn1. The first-order valence-corrected chi connectivity index (χ1v) is 4.29. The molecule has 0 aliphatic heterocycles. The summed E-state index contributed by atoms with van der Waals surface area (Å²) in [6.07, 6.45) is 5.22. The van der Waals surface area contributed by atoms with Crippen LogP contribution in [0.25, 0.3) is 0 Å². The van der Waals surface area contributed by atoms with Crippen LogP contribution in [-0.4, -0.2) is 15.2 Å². The number of anilines is 2. The zero-order valence-corrected chi connectivity index (χ0v) is 7.57. The minimum absolute atomic E-state index is 0.445. The lowest BCUT2D eigenvalue weighted by molar-refractivity contribution is 0.991. The van der Waals surface area contributed by atoms with Crippen LogP contribution in [0.2, 0.25) is 0 Å². The molecule has 5 heteroatoms. The van der Waals surface area contributed by atoms with Gasteiger partial charge in [0, 0.05) is 24.6 Å². The Morgan fingerprint density at radius 3 is 3.07 bits per heavy atom. The summed E-state index contributed by atoms with van der Waals surface area (Å²) in [5, 5.41) is 9.73. The lowest BCUT2D eigenvalue weighted by Gasteiger charge is -2.03. The van der Waals surface area contributed by atoms with Gasteiger partial charge in [0.05, 0.1) is 17.6 Å². The third-order valence-corrected chi connectivity index (χ3v) is 1.81. The summed E-state index contributed by atoms with van der Waals surface area (Å²) in [7, 11) is 0. The number of nitrogens with zero attached hydrogens (tertiary/aromatic N) is 2. The van der Waals surface area contributed by atoms with Gasteiger partial charge in [-0.3, -0.25) is 10.1 Å². The van der Waals surface area contributed by atoms with E-state index in [1.165, 1.54) is 0 Å². The number of aromatic amines is 1. The van der Waals surface area contributed by atoms with Gasteiger partial charge in [-0.1, -0.05) is 0 Å². The predicted molar refractivity (Wildman–Crippen MR) is 54.0 cm³/mol. The third-order valence-electron chi connectivity index (χ3n) is 1.81. The second-order valence-electron chi connectivity index (χ2n) is 2.85. The zero-order valence-electron chi connectivity index (χ0n) is 7.57. The minimum atomic E-state index is 0.445. The van der Waals surface area contributed by atoms with Crippen LogP contribution in [0.15, 0.2) is 30.7 Å². The number of nitrogens with two attached hydrogens (primary N) is 1. The first kappa shape index (κ1) is 8.71. The van der Waals surface area contributed by atoms with Gasteiger partial charge in [0.2, 0.25) is 0 Å². The molecule has 0 aliphatic carbocycles. The monoisotopic (exact) mass is 189 g/mol. The van der Waals surface area contributed by atoms with Crippen LogP contribution in [0.3, 0.4) is 0 Å². The summed E-state index contributed by atoms with van der Waals surface area (Å²) in [5.74, 6) is 0. The molecule has 0 spiro atoms. The van der Waals surface area contributed by atoms with Crippen LogP contribution < -0.4 is 11.1 Å². The van der Waals surface area contributed by atoms with Gasteiger partial charge < -0.3 is 11.1 Å². The van der Waals surface area contributed by atoms with E-state index in [0.717, 1.165) is 17.1 Å². The molecule has 0 bridgehead atoms. The van der Waals surface area contributed by atoms with Crippen molar-refractivity contribution >= 4 is 11.4 Å². The van der Waals surface area contributed by atoms with Gasteiger partial charge in [-0.2, -0.15) is 5.10 Å². The number of aromatic nitrogens is 3. The predicted octanol–water partition coefficient (Wildman–Crippen LogP) is 1.01. The van der Waals surface area contributed by atoms with Crippen molar-refractivity contribution in [2.45, 2.75) is 6.54 Å². The molecule has 2 aromatic rings. The van der Waals surface area contributed by atoms with Gasteiger partial charge >= 0.3 is 0 Å².